The second-order valence-corrected chi connectivity index (χ2v) is 5.11. The molecule has 2 aromatic carbocycles. The minimum Gasteiger partial charge on any atom is -0.444 e. The number of aryl methyl sites for hydroxylation is 1. The maximum Gasteiger partial charge on any atom is 0.226 e. The fourth-order valence-electron chi connectivity index (χ4n) is 2.02. The van der Waals surface area contributed by atoms with E-state index in [2.05, 4.69) is 10.6 Å². The summed E-state index contributed by atoms with van der Waals surface area (Å²) < 4.78 is 5.47. The van der Waals surface area contributed by atoms with E-state index < -0.39 is 0 Å². The normalized spacial score (nSPS) is 10.0. The van der Waals surface area contributed by atoms with Gasteiger partial charge in [0.2, 0.25) is 5.89 Å². The molecule has 25 heavy (non-hydrogen) atoms. The lowest BCUT2D eigenvalue weighted by Gasteiger charge is -2.06. The summed E-state index contributed by atoms with van der Waals surface area (Å²) in [5, 5.41) is 0. The lowest BCUT2D eigenvalue weighted by molar-refractivity contribution is -0.105. The number of aromatic nitrogens is 1. The summed E-state index contributed by atoms with van der Waals surface area (Å²) >= 11 is 0. The Hall–Kier alpha value is -2.63. The highest BCUT2D eigenvalue weighted by Gasteiger charge is 2.06. The number of nitrogens with one attached hydrogen (secondary N) is 1. The Balaban J connectivity index is 0.00000109. The quantitative estimate of drug-likeness (QED) is 0.497. The van der Waals surface area contributed by atoms with Crippen LogP contribution in [0, 0.1) is 6.92 Å². The Kier molecular flexibility index (Phi) is 7.69. The molecule has 1 aromatic heterocycles. The van der Waals surface area contributed by atoms with Gasteiger partial charge >= 0.3 is 0 Å². The molecule has 0 aliphatic rings. The second-order valence-electron chi connectivity index (χ2n) is 5.11. The van der Waals surface area contributed by atoms with Crippen LogP contribution in [0.5, 0.6) is 5.75 Å². The van der Waals surface area contributed by atoms with Gasteiger partial charge in [0, 0.05) is 12.0 Å². The van der Waals surface area contributed by atoms with E-state index in [0.29, 0.717) is 24.7 Å². The standard InChI is InChI=1S/C18H18N2O3.C2H6/c1-14-7-9-17(10-8-14)23-20-22-12-11-16-13-21-18(19-16)15-5-3-2-4-6-15;1-2/h2-10,13,20H,11-12H2,1H3;1-2H3. The third-order valence-corrected chi connectivity index (χ3v) is 3.27. The van der Waals surface area contributed by atoms with Crippen LogP contribution >= 0.6 is 0 Å². The minimum atomic E-state index is 0.423. The number of oxazole rings is 1. The summed E-state index contributed by atoms with van der Waals surface area (Å²) in [5.74, 6) is 1.31. The molecular formula is C20H24N2O3. The zero-order valence-corrected chi connectivity index (χ0v) is 14.9. The van der Waals surface area contributed by atoms with Crippen molar-refractivity contribution in [3.63, 3.8) is 0 Å². The molecular weight excluding hydrogens is 316 g/mol. The Bertz CT molecular complexity index is 724. The average Bonchev–Trinajstić information content (AvgIpc) is 3.14. The van der Waals surface area contributed by atoms with Gasteiger partial charge < -0.3 is 9.25 Å². The van der Waals surface area contributed by atoms with Crippen LogP contribution in [-0.2, 0) is 11.3 Å². The number of hydrogen-bond acceptors (Lipinski definition) is 5. The van der Waals surface area contributed by atoms with Gasteiger partial charge in [-0.05, 0) is 36.8 Å². The summed E-state index contributed by atoms with van der Waals surface area (Å²) in [6.45, 7) is 6.45. The molecule has 0 amide bonds. The maximum atomic E-state index is 5.47. The summed E-state index contributed by atoms with van der Waals surface area (Å²) in [4.78, 5) is 14.9. The molecule has 0 atom stereocenters. The SMILES string of the molecule is CC.Cc1ccc(ONOCCc2coc(-c3ccccc3)n2)cc1. The van der Waals surface area contributed by atoms with Gasteiger partial charge in [0.05, 0.1) is 12.3 Å². The van der Waals surface area contributed by atoms with Crippen LogP contribution in [0.4, 0.5) is 0 Å². The fourth-order valence-corrected chi connectivity index (χ4v) is 2.02. The van der Waals surface area contributed by atoms with Crippen molar-refractivity contribution in [2.24, 2.45) is 0 Å². The molecule has 3 aromatic rings. The van der Waals surface area contributed by atoms with Crippen LogP contribution in [0.15, 0.2) is 65.3 Å². The maximum absolute atomic E-state index is 5.47. The second kappa shape index (κ2) is 10.3. The third-order valence-electron chi connectivity index (χ3n) is 3.27. The Morgan fingerprint density at radius 3 is 2.44 bits per heavy atom. The molecule has 0 aliphatic heterocycles. The van der Waals surface area contributed by atoms with Gasteiger partial charge in [-0.25, -0.2) is 4.98 Å². The topological polar surface area (TPSA) is 56.5 Å². The van der Waals surface area contributed by atoms with Crippen molar-refractivity contribution >= 4 is 0 Å². The predicted octanol–water partition coefficient (Wildman–Crippen LogP) is 4.73. The van der Waals surface area contributed by atoms with Crippen molar-refractivity contribution in [3.8, 4) is 17.2 Å². The Morgan fingerprint density at radius 2 is 1.72 bits per heavy atom. The van der Waals surface area contributed by atoms with E-state index in [1.807, 2.05) is 75.4 Å². The van der Waals surface area contributed by atoms with Crippen LogP contribution in [0.25, 0.3) is 11.5 Å². The Labute approximate surface area is 148 Å². The first-order valence-electron chi connectivity index (χ1n) is 8.41. The lowest BCUT2D eigenvalue weighted by Crippen LogP contribution is -2.20. The van der Waals surface area contributed by atoms with Crippen LogP contribution in [0.2, 0.25) is 0 Å². The molecule has 0 radical (unpaired) electrons. The lowest BCUT2D eigenvalue weighted by atomic mass is 10.2. The molecule has 3 rings (SSSR count). The third kappa shape index (κ3) is 6.06. The van der Waals surface area contributed by atoms with Crippen molar-refractivity contribution in [1.82, 2.24) is 10.6 Å². The molecule has 1 heterocycles. The number of rotatable bonds is 7. The van der Waals surface area contributed by atoms with Gasteiger partial charge in [0.1, 0.15) is 12.0 Å². The van der Waals surface area contributed by atoms with E-state index >= 15 is 0 Å². The van der Waals surface area contributed by atoms with Crippen molar-refractivity contribution in [3.05, 3.63) is 72.1 Å². The Morgan fingerprint density at radius 1 is 1.00 bits per heavy atom. The first-order valence-corrected chi connectivity index (χ1v) is 8.41. The summed E-state index contributed by atoms with van der Waals surface area (Å²) in [7, 11) is 0. The van der Waals surface area contributed by atoms with Crippen molar-refractivity contribution < 1.29 is 14.1 Å². The molecule has 0 fully saturated rings. The van der Waals surface area contributed by atoms with Crippen LogP contribution in [-0.4, -0.2) is 11.6 Å². The number of nitrogens with zero attached hydrogens (tertiary/aromatic N) is 1. The van der Waals surface area contributed by atoms with Crippen LogP contribution in [0.3, 0.4) is 0 Å². The summed E-state index contributed by atoms with van der Waals surface area (Å²) in [5.41, 5.74) is 5.44. The molecule has 1 N–H and O–H groups in total. The molecule has 0 saturated heterocycles. The molecule has 0 saturated carbocycles. The molecule has 132 valence electrons. The van der Waals surface area contributed by atoms with Gasteiger partial charge in [-0.3, -0.25) is 4.84 Å². The zero-order valence-electron chi connectivity index (χ0n) is 14.9. The zero-order chi connectivity index (χ0) is 17.9. The minimum absolute atomic E-state index is 0.423. The first-order chi connectivity index (χ1) is 12.3. The van der Waals surface area contributed by atoms with Gasteiger partial charge in [0.15, 0.2) is 0 Å². The fraction of sp³-hybridized carbons (Fsp3) is 0.250. The molecule has 0 unspecified atom stereocenters. The average molecular weight is 340 g/mol. The van der Waals surface area contributed by atoms with E-state index in [4.69, 9.17) is 14.1 Å². The highest BCUT2D eigenvalue weighted by Crippen LogP contribution is 2.18. The summed E-state index contributed by atoms with van der Waals surface area (Å²) in [6, 6.07) is 17.5. The van der Waals surface area contributed by atoms with Crippen LogP contribution < -0.4 is 10.5 Å². The monoisotopic (exact) mass is 340 g/mol. The van der Waals surface area contributed by atoms with Gasteiger partial charge in [-0.2, -0.15) is 0 Å². The molecule has 0 bridgehead atoms. The van der Waals surface area contributed by atoms with E-state index in [1.54, 1.807) is 6.26 Å². The summed E-state index contributed by atoms with van der Waals surface area (Å²) in [6.07, 6.45) is 2.27. The van der Waals surface area contributed by atoms with Crippen molar-refractivity contribution in [2.45, 2.75) is 27.2 Å². The van der Waals surface area contributed by atoms with E-state index in [0.717, 1.165) is 11.3 Å². The smallest absolute Gasteiger partial charge is 0.226 e. The van der Waals surface area contributed by atoms with Gasteiger partial charge in [-0.15, -0.1) is 0 Å². The van der Waals surface area contributed by atoms with Gasteiger partial charge in [-0.1, -0.05) is 49.7 Å². The van der Waals surface area contributed by atoms with E-state index in [1.165, 1.54) is 5.56 Å². The van der Waals surface area contributed by atoms with Crippen LogP contribution in [0.1, 0.15) is 25.1 Å². The predicted molar refractivity (Wildman–Crippen MR) is 97.9 cm³/mol. The largest absolute Gasteiger partial charge is 0.444 e. The van der Waals surface area contributed by atoms with E-state index in [9.17, 15) is 0 Å². The highest BCUT2D eigenvalue weighted by molar-refractivity contribution is 5.52. The first kappa shape index (κ1) is 18.7. The molecule has 5 nitrogen and oxygen atoms in total. The number of benzene rings is 2. The highest BCUT2D eigenvalue weighted by atomic mass is 16.9. The molecule has 0 spiro atoms. The molecule has 5 heteroatoms. The van der Waals surface area contributed by atoms with E-state index in [-0.39, 0.29) is 0 Å². The van der Waals surface area contributed by atoms with Crippen molar-refractivity contribution in [1.29, 1.82) is 0 Å². The van der Waals surface area contributed by atoms with Gasteiger partial charge in [0.25, 0.3) is 0 Å². The van der Waals surface area contributed by atoms with Crippen molar-refractivity contribution in [2.75, 3.05) is 6.61 Å². The number of hydrogen-bond donors (Lipinski definition) is 1. The molecule has 0 aliphatic carbocycles.